The van der Waals surface area contributed by atoms with Gasteiger partial charge in [0.2, 0.25) is 5.91 Å². The number of amides is 1. The van der Waals surface area contributed by atoms with Gasteiger partial charge in [0.05, 0.1) is 32.3 Å². The molecule has 2 unspecified atom stereocenters. The Hall–Kier alpha value is -2.45. The highest BCUT2D eigenvalue weighted by Crippen LogP contribution is 2.30. The molecule has 8 nitrogen and oxygen atoms in total. The number of rotatable bonds is 4. The minimum atomic E-state index is -0.0722. The first-order valence-corrected chi connectivity index (χ1v) is 10.5. The fraction of sp³-hybridized carbons (Fsp3) is 0.571. The highest BCUT2D eigenvalue weighted by atomic mass is 16.5. The van der Waals surface area contributed by atoms with Gasteiger partial charge in [-0.25, -0.2) is 9.48 Å². The van der Waals surface area contributed by atoms with Crippen molar-refractivity contribution < 1.29 is 9.53 Å². The van der Waals surface area contributed by atoms with Gasteiger partial charge in [-0.3, -0.25) is 14.3 Å². The third kappa shape index (κ3) is 3.62. The Morgan fingerprint density at radius 1 is 1.10 bits per heavy atom. The van der Waals surface area contributed by atoms with Crippen LogP contribution in [-0.4, -0.2) is 75.0 Å². The highest BCUT2D eigenvalue weighted by molar-refractivity contribution is 5.79. The molecule has 0 spiro atoms. The molecule has 29 heavy (non-hydrogen) atoms. The van der Waals surface area contributed by atoms with E-state index in [2.05, 4.69) is 10.00 Å². The Balaban J connectivity index is 1.34. The van der Waals surface area contributed by atoms with Crippen LogP contribution in [0, 0.1) is 0 Å². The molecule has 2 saturated heterocycles. The lowest BCUT2D eigenvalue weighted by molar-refractivity contribution is -0.136. The third-order valence-electron chi connectivity index (χ3n) is 6.36. The molecule has 1 aromatic carbocycles. The number of benzene rings is 1. The summed E-state index contributed by atoms with van der Waals surface area (Å²) in [7, 11) is 0. The summed E-state index contributed by atoms with van der Waals surface area (Å²) < 4.78 is 8.74. The fourth-order valence-corrected chi connectivity index (χ4v) is 4.88. The van der Waals surface area contributed by atoms with E-state index in [0.29, 0.717) is 39.3 Å². The van der Waals surface area contributed by atoms with Crippen molar-refractivity contribution in [1.82, 2.24) is 24.1 Å². The standard InChI is InChI=1S/C21H27N5O3/c27-20(15-23-8-10-29-11-9-23)26-17-6-7-18(26)14-24-19(12-17)22-25(21(24)28)13-16-4-2-1-3-5-16/h1-5,17-18H,6-15H2. The average molecular weight is 397 g/mol. The minimum absolute atomic E-state index is 0.0722. The Kier molecular flexibility index (Phi) is 4.97. The molecule has 3 aliphatic heterocycles. The van der Waals surface area contributed by atoms with Crippen LogP contribution in [0.3, 0.4) is 0 Å². The molecular weight excluding hydrogens is 370 g/mol. The largest absolute Gasteiger partial charge is 0.379 e. The second-order valence-electron chi connectivity index (χ2n) is 8.23. The smallest absolute Gasteiger partial charge is 0.346 e. The number of fused-ring (bicyclic) bond motifs is 3. The molecule has 0 aliphatic carbocycles. The van der Waals surface area contributed by atoms with Crippen LogP contribution in [0.25, 0.3) is 0 Å². The van der Waals surface area contributed by atoms with Gasteiger partial charge in [0, 0.05) is 32.1 Å². The maximum Gasteiger partial charge on any atom is 0.346 e. The van der Waals surface area contributed by atoms with Crippen molar-refractivity contribution in [2.24, 2.45) is 0 Å². The molecule has 2 atom stereocenters. The monoisotopic (exact) mass is 397 g/mol. The number of hydrogen-bond donors (Lipinski definition) is 0. The predicted octanol–water partition coefficient (Wildman–Crippen LogP) is 0.341. The minimum Gasteiger partial charge on any atom is -0.379 e. The summed E-state index contributed by atoms with van der Waals surface area (Å²) in [4.78, 5) is 30.3. The Morgan fingerprint density at radius 2 is 1.86 bits per heavy atom. The van der Waals surface area contributed by atoms with E-state index < -0.39 is 0 Å². The van der Waals surface area contributed by atoms with Gasteiger partial charge < -0.3 is 9.64 Å². The van der Waals surface area contributed by atoms with Crippen LogP contribution in [0.5, 0.6) is 0 Å². The summed E-state index contributed by atoms with van der Waals surface area (Å²) in [6, 6.07) is 10.1. The second kappa shape index (κ2) is 7.76. The van der Waals surface area contributed by atoms with Crippen LogP contribution in [-0.2, 0) is 29.0 Å². The molecule has 5 rings (SSSR count). The van der Waals surface area contributed by atoms with E-state index in [-0.39, 0.29) is 23.7 Å². The van der Waals surface area contributed by atoms with Gasteiger partial charge in [0.15, 0.2) is 0 Å². The van der Waals surface area contributed by atoms with E-state index in [4.69, 9.17) is 4.74 Å². The summed E-state index contributed by atoms with van der Waals surface area (Å²) in [5, 5.41) is 4.64. The van der Waals surface area contributed by atoms with E-state index >= 15 is 0 Å². The zero-order chi connectivity index (χ0) is 19.8. The summed E-state index contributed by atoms with van der Waals surface area (Å²) in [6.45, 7) is 4.47. The molecule has 8 heteroatoms. The molecule has 2 bridgehead atoms. The van der Waals surface area contributed by atoms with E-state index in [1.807, 2.05) is 35.2 Å². The molecule has 3 aliphatic rings. The molecule has 0 radical (unpaired) electrons. The zero-order valence-electron chi connectivity index (χ0n) is 16.6. The number of nitrogens with zero attached hydrogens (tertiary/aromatic N) is 5. The van der Waals surface area contributed by atoms with Crippen LogP contribution < -0.4 is 5.69 Å². The molecule has 2 fully saturated rings. The maximum absolute atomic E-state index is 13.1. The molecule has 1 amide bonds. The maximum atomic E-state index is 13.1. The number of hydrogen-bond acceptors (Lipinski definition) is 5. The molecule has 154 valence electrons. The first-order chi connectivity index (χ1) is 14.2. The van der Waals surface area contributed by atoms with E-state index in [1.54, 1.807) is 9.25 Å². The van der Waals surface area contributed by atoms with Gasteiger partial charge in [0.1, 0.15) is 5.82 Å². The van der Waals surface area contributed by atoms with Crippen LogP contribution in [0.2, 0.25) is 0 Å². The average Bonchev–Trinajstić information content (AvgIpc) is 3.19. The fourth-order valence-electron chi connectivity index (χ4n) is 4.88. The predicted molar refractivity (Wildman–Crippen MR) is 107 cm³/mol. The first-order valence-electron chi connectivity index (χ1n) is 10.5. The summed E-state index contributed by atoms with van der Waals surface area (Å²) >= 11 is 0. The molecular formula is C21H27N5O3. The molecule has 2 aromatic rings. The highest BCUT2D eigenvalue weighted by Gasteiger charge is 2.41. The van der Waals surface area contributed by atoms with Crippen LogP contribution in [0.15, 0.2) is 35.1 Å². The third-order valence-corrected chi connectivity index (χ3v) is 6.36. The lowest BCUT2D eigenvalue weighted by atomic mass is 10.1. The van der Waals surface area contributed by atoms with E-state index in [9.17, 15) is 9.59 Å². The van der Waals surface area contributed by atoms with Crippen molar-refractivity contribution in [2.75, 3.05) is 32.8 Å². The second-order valence-corrected chi connectivity index (χ2v) is 8.23. The Morgan fingerprint density at radius 3 is 2.66 bits per heavy atom. The topological polar surface area (TPSA) is 72.6 Å². The van der Waals surface area contributed by atoms with E-state index in [1.165, 1.54) is 0 Å². The van der Waals surface area contributed by atoms with Crippen molar-refractivity contribution in [2.45, 2.75) is 44.4 Å². The number of morpholine rings is 1. The normalized spacial score (nSPS) is 24.3. The summed E-state index contributed by atoms with van der Waals surface area (Å²) in [6.07, 6.45) is 2.59. The number of carbonyl (C=O) groups is 1. The van der Waals surface area contributed by atoms with Crippen molar-refractivity contribution in [1.29, 1.82) is 0 Å². The van der Waals surface area contributed by atoms with Gasteiger partial charge in [0.25, 0.3) is 0 Å². The van der Waals surface area contributed by atoms with Crippen molar-refractivity contribution in [3.8, 4) is 0 Å². The lowest BCUT2D eigenvalue weighted by Gasteiger charge is -2.32. The molecule has 0 saturated carbocycles. The van der Waals surface area contributed by atoms with Crippen LogP contribution >= 0.6 is 0 Å². The number of aromatic nitrogens is 3. The summed E-state index contributed by atoms with van der Waals surface area (Å²) in [5.74, 6) is 0.983. The molecule has 1 aromatic heterocycles. The zero-order valence-corrected chi connectivity index (χ0v) is 16.6. The first kappa shape index (κ1) is 18.6. The summed E-state index contributed by atoms with van der Waals surface area (Å²) in [5.41, 5.74) is 0.991. The van der Waals surface area contributed by atoms with Crippen molar-refractivity contribution in [3.05, 3.63) is 52.2 Å². The SMILES string of the molecule is O=C(CN1CCOCC1)N1C2CCC1Cn1c(nn(Cc3ccccc3)c1=O)C2. The van der Waals surface area contributed by atoms with Crippen molar-refractivity contribution in [3.63, 3.8) is 0 Å². The van der Waals surface area contributed by atoms with E-state index in [0.717, 1.165) is 37.3 Å². The Labute approximate surface area is 169 Å². The van der Waals surface area contributed by atoms with Crippen LogP contribution in [0.1, 0.15) is 24.2 Å². The van der Waals surface area contributed by atoms with Gasteiger partial charge in [-0.05, 0) is 18.4 Å². The number of ether oxygens (including phenoxy) is 1. The number of carbonyl (C=O) groups excluding carboxylic acids is 1. The quantitative estimate of drug-likeness (QED) is 0.744. The van der Waals surface area contributed by atoms with Gasteiger partial charge in [-0.15, -0.1) is 0 Å². The van der Waals surface area contributed by atoms with Gasteiger partial charge >= 0.3 is 5.69 Å². The lowest BCUT2D eigenvalue weighted by Crippen LogP contribution is -2.49. The van der Waals surface area contributed by atoms with Gasteiger partial charge in [-0.1, -0.05) is 30.3 Å². The Bertz CT molecular complexity index is 932. The van der Waals surface area contributed by atoms with Gasteiger partial charge in [-0.2, -0.15) is 5.10 Å². The van der Waals surface area contributed by atoms with Crippen LogP contribution in [0.4, 0.5) is 0 Å². The van der Waals surface area contributed by atoms with Crippen molar-refractivity contribution >= 4 is 5.91 Å². The molecule has 4 heterocycles. The molecule has 0 N–H and O–H groups in total.